The summed E-state index contributed by atoms with van der Waals surface area (Å²) in [5, 5.41) is 0.375. The van der Waals surface area contributed by atoms with E-state index in [1.807, 2.05) is 20.8 Å². The highest BCUT2D eigenvalue weighted by Gasteiger charge is 2.40. The monoisotopic (exact) mass is 430 g/mol. The molecule has 2 amide bonds. The number of amides is 2. The zero-order chi connectivity index (χ0) is 22.1. The number of imide groups is 1. The Balaban J connectivity index is 1.80. The van der Waals surface area contributed by atoms with E-state index in [1.165, 1.54) is 24.3 Å². The summed E-state index contributed by atoms with van der Waals surface area (Å²) < 4.78 is 27.8. The van der Waals surface area contributed by atoms with Crippen molar-refractivity contribution < 1.29 is 27.6 Å². The number of fused-ring (bicyclic) bond motifs is 1. The van der Waals surface area contributed by atoms with Crippen molar-refractivity contribution in [3.8, 4) is 0 Å². The summed E-state index contributed by atoms with van der Waals surface area (Å²) in [4.78, 5) is 42.6. The van der Waals surface area contributed by atoms with E-state index in [2.05, 4.69) is 4.72 Å². The number of nitrogens with one attached hydrogen (secondary N) is 1. The second-order valence-corrected chi connectivity index (χ2v) is 9.19. The Morgan fingerprint density at radius 3 is 2.03 bits per heavy atom. The van der Waals surface area contributed by atoms with Gasteiger partial charge in [0.05, 0.1) is 16.0 Å². The summed E-state index contributed by atoms with van der Waals surface area (Å²) in [5.74, 6) is -2.64. The van der Waals surface area contributed by atoms with Crippen molar-refractivity contribution >= 4 is 27.8 Å². The van der Waals surface area contributed by atoms with Crippen LogP contribution in [0.1, 0.15) is 46.5 Å². The molecule has 0 bridgehead atoms. The van der Waals surface area contributed by atoms with Gasteiger partial charge in [-0.05, 0) is 43.5 Å². The number of hydroxylamine groups is 2. The predicted molar refractivity (Wildman–Crippen MR) is 108 cm³/mol. The number of hydrogen-bond acceptors (Lipinski definition) is 6. The van der Waals surface area contributed by atoms with Crippen LogP contribution in [0.3, 0.4) is 0 Å². The second kappa shape index (κ2) is 8.37. The van der Waals surface area contributed by atoms with Crippen LogP contribution in [0.25, 0.3) is 0 Å². The van der Waals surface area contributed by atoms with E-state index >= 15 is 0 Å². The number of aryl methyl sites for hydroxylation is 1. The molecule has 2 aromatic rings. The average Bonchev–Trinajstić information content (AvgIpc) is 2.92. The molecule has 158 valence electrons. The maximum Gasteiger partial charge on any atom is 0.351 e. The molecule has 0 aromatic heterocycles. The Labute approximate surface area is 174 Å². The fraction of sp³-hybridized carbons (Fsp3) is 0.286. The molecule has 0 fully saturated rings. The SMILES string of the molecule is Cc1ccc(S(=O)(=O)NC(CC(C)C)C(=O)ON2C(=O)c3ccccc3C2=O)cc1. The first kappa shape index (κ1) is 21.7. The molecular formula is C21H22N2O6S. The summed E-state index contributed by atoms with van der Waals surface area (Å²) in [7, 11) is -4.02. The lowest BCUT2D eigenvalue weighted by molar-refractivity contribution is -0.171. The van der Waals surface area contributed by atoms with E-state index in [0.717, 1.165) is 5.56 Å². The molecule has 0 aliphatic carbocycles. The van der Waals surface area contributed by atoms with Crippen LogP contribution in [0.4, 0.5) is 0 Å². The topological polar surface area (TPSA) is 110 Å². The van der Waals surface area contributed by atoms with Gasteiger partial charge in [0.1, 0.15) is 6.04 Å². The highest BCUT2D eigenvalue weighted by molar-refractivity contribution is 7.89. The number of carbonyl (C=O) groups excluding carboxylic acids is 3. The Bertz CT molecular complexity index is 1060. The van der Waals surface area contributed by atoms with Crippen molar-refractivity contribution in [3.05, 3.63) is 65.2 Å². The quantitative estimate of drug-likeness (QED) is 0.676. The molecule has 1 N–H and O–H groups in total. The van der Waals surface area contributed by atoms with E-state index in [0.29, 0.717) is 5.06 Å². The van der Waals surface area contributed by atoms with Gasteiger partial charge in [-0.2, -0.15) is 4.72 Å². The van der Waals surface area contributed by atoms with Crippen LogP contribution >= 0.6 is 0 Å². The molecule has 30 heavy (non-hydrogen) atoms. The molecule has 3 rings (SSSR count). The van der Waals surface area contributed by atoms with Crippen molar-refractivity contribution in [1.29, 1.82) is 0 Å². The number of benzene rings is 2. The van der Waals surface area contributed by atoms with Gasteiger partial charge >= 0.3 is 5.97 Å². The molecule has 0 spiro atoms. The normalized spacial score (nSPS) is 14.7. The lowest BCUT2D eigenvalue weighted by Crippen LogP contribution is -2.46. The van der Waals surface area contributed by atoms with Gasteiger partial charge in [-0.15, -0.1) is 0 Å². The van der Waals surface area contributed by atoms with Crippen LogP contribution in [-0.4, -0.2) is 37.3 Å². The molecule has 9 heteroatoms. The molecule has 8 nitrogen and oxygen atoms in total. The molecule has 1 aliphatic rings. The van der Waals surface area contributed by atoms with E-state index < -0.39 is 33.8 Å². The van der Waals surface area contributed by atoms with Crippen LogP contribution in [0.5, 0.6) is 0 Å². The van der Waals surface area contributed by atoms with E-state index in [4.69, 9.17) is 4.84 Å². The molecule has 1 unspecified atom stereocenters. The lowest BCUT2D eigenvalue weighted by atomic mass is 10.1. The molecule has 1 atom stereocenters. The van der Waals surface area contributed by atoms with Crippen LogP contribution in [-0.2, 0) is 19.7 Å². The summed E-state index contributed by atoms with van der Waals surface area (Å²) in [6.45, 7) is 5.44. The van der Waals surface area contributed by atoms with Crippen LogP contribution < -0.4 is 4.72 Å². The van der Waals surface area contributed by atoms with Gasteiger partial charge < -0.3 is 4.84 Å². The molecule has 2 aromatic carbocycles. The van der Waals surface area contributed by atoms with Gasteiger partial charge in [-0.25, -0.2) is 13.2 Å². The Morgan fingerprint density at radius 1 is 1.00 bits per heavy atom. The van der Waals surface area contributed by atoms with Crippen molar-refractivity contribution in [1.82, 2.24) is 9.79 Å². The zero-order valence-corrected chi connectivity index (χ0v) is 17.6. The molecule has 0 saturated carbocycles. The minimum Gasteiger partial charge on any atom is -0.328 e. The molecule has 1 aliphatic heterocycles. The van der Waals surface area contributed by atoms with E-state index in [1.54, 1.807) is 24.3 Å². The number of rotatable bonds is 7. The maximum atomic E-state index is 12.7. The predicted octanol–water partition coefficient (Wildman–Crippen LogP) is 2.44. The minimum absolute atomic E-state index is 0.00427. The van der Waals surface area contributed by atoms with Crippen molar-refractivity contribution in [3.63, 3.8) is 0 Å². The summed E-state index contributed by atoms with van der Waals surface area (Å²) in [6, 6.07) is 11.0. The van der Waals surface area contributed by atoms with Gasteiger partial charge in [0.15, 0.2) is 0 Å². The average molecular weight is 430 g/mol. The third-order valence-corrected chi connectivity index (χ3v) is 6.05. The van der Waals surface area contributed by atoms with Crippen molar-refractivity contribution in [2.45, 2.75) is 38.1 Å². The second-order valence-electron chi connectivity index (χ2n) is 7.48. The van der Waals surface area contributed by atoms with Gasteiger partial charge in [-0.3, -0.25) is 9.59 Å². The summed E-state index contributed by atoms with van der Waals surface area (Å²) in [6.07, 6.45) is 0.118. The smallest absolute Gasteiger partial charge is 0.328 e. The van der Waals surface area contributed by atoms with Gasteiger partial charge in [0.25, 0.3) is 11.8 Å². The van der Waals surface area contributed by atoms with Gasteiger partial charge in [0.2, 0.25) is 10.0 Å². The first-order valence-electron chi connectivity index (χ1n) is 9.39. The van der Waals surface area contributed by atoms with Gasteiger partial charge in [-0.1, -0.05) is 48.7 Å². The van der Waals surface area contributed by atoms with Crippen LogP contribution in [0.2, 0.25) is 0 Å². The first-order valence-corrected chi connectivity index (χ1v) is 10.9. The number of sulfonamides is 1. The number of hydrogen-bond donors (Lipinski definition) is 1. The summed E-state index contributed by atoms with van der Waals surface area (Å²) >= 11 is 0. The third-order valence-electron chi connectivity index (χ3n) is 4.56. The standard InChI is InChI=1S/C21H22N2O6S/c1-13(2)12-18(22-30(27,28)15-10-8-14(3)9-11-15)21(26)29-23-19(24)16-6-4-5-7-17(16)20(23)25/h4-11,13,18,22H,12H2,1-3H3. The van der Waals surface area contributed by atoms with Crippen LogP contribution in [0.15, 0.2) is 53.4 Å². The molecule has 0 saturated heterocycles. The van der Waals surface area contributed by atoms with Gasteiger partial charge in [0, 0.05) is 0 Å². The largest absolute Gasteiger partial charge is 0.351 e. The Morgan fingerprint density at radius 2 is 1.53 bits per heavy atom. The first-order chi connectivity index (χ1) is 14.1. The van der Waals surface area contributed by atoms with E-state index in [9.17, 15) is 22.8 Å². The highest BCUT2D eigenvalue weighted by Crippen LogP contribution is 2.23. The molecular weight excluding hydrogens is 408 g/mol. The Kier molecular flexibility index (Phi) is 6.04. The van der Waals surface area contributed by atoms with E-state index in [-0.39, 0.29) is 28.4 Å². The number of nitrogens with zero attached hydrogens (tertiary/aromatic N) is 1. The van der Waals surface area contributed by atoms with Crippen LogP contribution in [0, 0.1) is 12.8 Å². The highest BCUT2D eigenvalue weighted by atomic mass is 32.2. The maximum absolute atomic E-state index is 12.7. The molecule has 1 heterocycles. The Hall–Kier alpha value is -3.04. The van der Waals surface area contributed by atoms with Crippen molar-refractivity contribution in [2.75, 3.05) is 0 Å². The minimum atomic E-state index is -4.02. The third kappa shape index (κ3) is 4.42. The molecule has 0 radical (unpaired) electrons. The lowest BCUT2D eigenvalue weighted by Gasteiger charge is -2.21. The fourth-order valence-corrected chi connectivity index (χ4v) is 4.24. The summed E-state index contributed by atoms with van der Waals surface area (Å²) in [5.41, 5.74) is 1.13. The van der Waals surface area contributed by atoms with Crippen molar-refractivity contribution in [2.24, 2.45) is 5.92 Å². The fourth-order valence-electron chi connectivity index (χ4n) is 3.04. The number of carbonyl (C=O) groups is 3. The zero-order valence-electron chi connectivity index (χ0n) is 16.8.